The van der Waals surface area contributed by atoms with E-state index < -0.39 is 10.0 Å². The lowest BCUT2D eigenvalue weighted by Gasteiger charge is -2.19. The Bertz CT molecular complexity index is 787. The zero-order valence-corrected chi connectivity index (χ0v) is 14.9. The summed E-state index contributed by atoms with van der Waals surface area (Å²) in [5.41, 5.74) is 1.02. The fourth-order valence-electron chi connectivity index (χ4n) is 2.12. The summed E-state index contributed by atoms with van der Waals surface area (Å²) >= 11 is 0. The highest BCUT2D eigenvalue weighted by Gasteiger charge is 2.21. The fourth-order valence-corrected chi connectivity index (χ4v) is 3.32. The number of amides is 1. The van der Waals surface area contributed by atoms with Crippen LogP contribution in [0.25, 0.3) is 0 Å². The van der Waals surface area contributed by atoms with Crippen LogP contribution in [0.5, 0.6) is 0 Å². The topological polar surface area (TPSA) is 66.5 Å². The molecule has 0 spiro atoms. The summed E-state index contributed by atoms with van der Waals surface area (Å²) in [4.78, 5) is 12.2. The standard InChI is InChI=1S/C18H22N2O3S/c1-4-14(2)19-18(21)15-10-12-17(13-11-15)24(22,23)20(3)16-8-6-5-7-9-16/h5-14H,4H2,1-3H3,(H,19,21)/t14-/m1/s1. The molecule has 6 heteroatoms. The molecule has 0 aromatic heterocycles. The van der Waals surface area contributed by atoms with E-state index in [0.717, 1.165) is 6.42 Å². The molecule has 128 valence electrons. The number of benzene rings is 2. The van der Waals surface area contributed by atoms with E-state index in [0.29, 0.717) is 11.3 Å². The molecule has 0 heterocycles. The first kappa shape index (κ1) is 18.0. The van der Waals surface area contributed by atoms with Crippen molar-refractivity contribution in [3.05, 3.63) is 60.2 Å². The lowest BCUT2D eigenvalue weighted by atomic mass is 10.2. The average molecular weight is 346 g/mol. The molecule has 0 bridgehead atoms. The van der Waals surface area contributed by atoms with Gasteiger partial charge in [-0.2, -0.15) is 0 Å². The Morgan fingerprint density at radius 1 is 1.08 bits per heavy atom. The quantitative estimate of drug-likeness (QED) is 0.874. The van der Waals surface area contributed by atoms with Gasteiger partial charge in [0.2, 0.25) is 0 Å². The van der Waals surface area contributed by atoms with Crippen molar-refractivity contribution >= 4 is 21.6 Å². The second-order valence-electron chi connectivity index (χ2n) is 5.62. The summed E-state index contributed by atoms with van der Waals surface area (Å²) in [6, 6.07) is 14.9. The van der Waals surface area contributed by atoms with Gasteiger partial charge in [-0.15, -0.1) is 0 Å². The van der Waals surface area contributed by atoms with Gasteiger partial charge in [-0.25, -0.2) is 8.42 Å². The highest BCUT2D eigenvalue weighted by molar-refractivity contribution is 7.92. The molecular formula is C18H22N2O3S. The van der Waals surface area contributed by atoms with Gasteiger partial charge in [0.1, 0.15) is 0 Å². The van der Waals surface area contributed by atoms with E-state index in [9.17, 15) is 13.2 Å². The van der Waals surface area contributed by atoms with Gasteiger partial charge in [0, 0.05) is 18.7 Å². The summed E-state index contributed by atoms with van der Waals surface area (Å²) in [5, 5.41) is 2.85. The molecule has 0 aliphatic heterocycles. The van der Waals surface area contributed by atoms with E-state index in [-0.39, 0.29) is 16.8 Å². The van der Waals surface area contributed by atoms with Crippen LogP contribution in [-0.2, 0) is 10.0 Å². The summed E-state index contributed by atoms with van der Waals surface area (Å²) in [7, 11) is -2.15. The Kier molecular flexibility index (Phi) is 5.62. The number of carbonyl (C=O) groups excluding carboxylic acids is 1. The molecule has 0 fully saturated rings. The van der Waals surface area contributed by atoms with Gasteiger partial charge in [-0.1, -0.05) is 25.1 Å². The molecule has 1 atom stereocenters. The van der Waals surface area contributed by atoms with Crippen molar-refractivity contribution in [3.8, 4) is 0 Å². The molecule has 0 saturated carbocycles. The second kappa shape index (κ2) is 7.49. The highest BCUT2D eigenvalue weighted by atomic mass is 32.2. The van der Waals surface area contributed by atoms with Crippen molar-refractivity contribution in [2.75, 3.05) is 11.4 Å². The SMILES string of the molecule is CC[C@@H](C)NC(=O)c1ccc(S(=O)(=O)N(C)c2ccccc2)cc1. The Morgan fingerprint density at radius 2 is 1.67 bits per heavy atom. The Balaban J connectivity index is 2.22. The first-order chi connectivity index (χ1) is 11.4. The predicted octanol–water partition coefficient (Wildman–Crippen LogP) is 3.04. The summed E-state index contributed by atoms with van der Waals surface area (Å²) < 4.78 is 26.5. The van der Waals surface area contributed by atoms with Crippen LogP contribution >= 0.6 is 0 Å². The van der Waals surface area contributed by atoms with Gasteiger partial charge in [-0.3, -0.25) is 9.10 Å². The van der Waals surface area contributed by atoms with Gasteiger partial charge in [0.05, 0.1) is 10.6 Å². The predicted molar refractivity (Wildman–Crippen MR) is 95.7 cm³/mol. The van der Waals surface area contributed by atoms with Gasteiger partial charge >= 0.3 is 0 Å². The maximum absolute atomic E-state index is 12.7. The van der Waals surface area contributed by atoms with Gasteiger partial charge in [-0.05, 0) is 49.7 Å². The monoisotopic (exact) mass is 346 g/mol. The van der Waals surface area contributed by atoms with Crippen molar-refractivity contribution < 1.29 is 13.2 Å². The maximum Gasteiger partial charge on any atom is 0.264 e. The molecule has 0 saturated heterocycles. The number of anilines is 1. The molecular weight excluding hydrogens is 324 g/mol. The van der Waals surface area contributed by atoms with E-state index in [4.69, 9.17) is 0 Å². The zero-order chi connectivity index (χ0) is 17.7. The number of para-hydroxylation sites is 1. The molecule has 1 amide bonds. The van der Waals surface area contributed by atoms with E-state index in [1.165, 1.54) is 35.6 Å². The lowest BCUT2D eigenvalue weighted by molar-refractivity contribution is 0.0939. The van der Waals surface area contributed by atoms with Crippen molar-refractivity contribution in [2.24, 2.45) is 0 Å². The van der Waals surface area contributed by atoms with Gasteiger partial charge in [0.25, 0.3) is 15.9 Å². The summed E-state index contributed by atoms with van der Waals surface area (Å²) in [6.07, 6.45) is 0.833. The van der Waals surface area contributed by atoms with Crippen LogP contribution in [0.4, 0.5) is 5.69 Å². The van der Waals surface area contributed by atoms with Crippen molar-refractivity contribution in [2.45, 2.75) is 31.2 Å². The molecule has 24 heavy (non-hydrogen) atoms. The first-order valence-corrected chi connectivity index (χ1v) is 9.25. The summed E-state index contributed by atoms with van der Waals surface area (Å²) in [5.74, 6) is -0.204. The molecule has 0 aliphatic rings. The third kappa shape index (κ3) is 3.94. The van der Waals surface area contributed by atoms with Crippen LogP contribution in [0.2, 0.25) is 0 Å². The maximum atomic E-state index is 12.7. The molecule has 2 rings (SSSR count). The lowest BCUT2D eigenvalue weighted by Crippen LogP contribution is -2.32. The molecule has 2 aromatic rings. The number of sulfonamides is 1. The Morgan fingerprint density at radius 3 is 2.21 bits per heavy atom. The van der Waals surface area contributed by atoms with Crippen LogP contribution in [0, 0.1) is 0 Å². The van der Waals surface area contributed by atoms with E-state index in [1.54, 1.807) is 24.3 Å². The molecule has 5 nitrogen and oxygen atoms in total. The molecule has 2 aromatic carbocycles. The minimum atomic E-state index is -3.66. The number of hydrogen-bond acceptors (Lipinski definition) is 3. The third-order valence-corrected chi connectivity index (χ3v) is 5.68. The largest absolute Gasteiger partial charge is 0.350 e. The molecule has 0 radical (unpaired) electrons. The minimum absolute atomic E-state index is 0.0742. The third-order valence-electron chi connectivity index (χ3n) is 3.88. The molecule has 0 aliphatic carbocycles. The van der Waals surface area contributed by atoms with Crippen molar-refractivity contribution in [3.63, 3.8) is 0 Å². The van der Waals surface area contributed by atoms with Crippen LogP contribution < -0.4 is 9.62 Å². The second-order valence-corrected chi connectivity index (χ2v) is 7.58. The average Bonchev–Trinajstić information content (AvgIpc) is 2.61. The van der Waals surface area contributed by atoms with Gasteiger partial charge < -0.3 is 5.32 Å². The van der Waals surface area contributed by atoms with Gasteiger partial charge in [0.15, 0.2) is 0 Å². The smallest absolute Gasteiger partial charge is 0.264 e. The summed E-state index contributed by atoms with van der Waals surface area (Å²) in [6.45, 7) is 3.91. The Labute approximate surface area is 143 Å². The number of rotatable bonds is 6. The number of carbonyl (C=O) groups is 1. The fraction of sp³-hybridized carbons (Fsp3) is 0.278. The number of nitrogens with zero attached hydrogens (tertiary/aromatic N) is 1. The molecule has 0 unspecified atom stereocenters. The highest BCUT2D eigenvalue weighted by Crippen LogP contribution is 2.21. The minimum Gasteiger partial charge on any atom is -0.350 e. The van der Waals surface area contributed by atoms with Crippen molar-refractivity contribution in [1.29, 1.82) is 0 Å². The van der Waals surface area contributed by atoms with Crippen LogP contribution in [0.3, 0.4) is 0 Å². The van der Waals surface area contributed by atoms with E-state index >= 15 is 0 Å². The number of nitrogens with one attached hydrogen (secondary N) is 1. The van der Waals surface area contributed by atoms with Crippen LogP contribution in [-0.4, -0.2) is 27.4 Å². The number of hydrogen-bond donors (Lipinski definition) is 1. The van der Waals surface area contributed by atoms with Crippen LogP contribution in [0.1, 0.15) is 30.6 Å². The Hall–Kier alpha value is -2.34. The van der Waals surface area contributed by atoms with Crippen LogP contribution in [0.15, 0.2) is 59.5 Å². The first-order valence-electron chi connectivity index (χ1n) is 7.81. The van der Waals surface area contributed by atoms with Crippen molar-refractivity contribution in [1.82, 2.24) is 5.32 Å². The van der Waals surface area contributed by atoms with E-state index in [2.05, 4.69) is 5.32 Å². The molecule has 1 N–H and O–H groups in total. The van der Waals surface area contributed by atoms with E-state index in [1.807, 2.05) is 19.9 Å². The zero-order valence-electron chi connectivity index (χ0n) is 14.1. The normalized spacial score (nSPS) is 12.5.